The fraction of sp³-hybridized carbons (Fsp3) is 0.357. The zero-order chi connectivity index (χ0) is 13.9. The number of amides is 1. The Hall–Kier alpha value is -2.21. The fourth-order valence-electron chi connectivity index (χ4n) is 2.35. The SMILES string of the molecule is Cc1nc(-c2cccc(NC(=O)[C@@H]3CCCN3)c2)n[nH]1. The van der Waals surface area contributed by atoms with E-state index in [-0.39, 0.29) is 11.9 Å². The molecule has 3 N–H and O–H groups in total. The van der Waals surface area contributed by atoms with Gasteiger partial charge in [-0.05, 0) is 38.4 Å². The van der Waals surface area contributed by atoms with Gasteiger partial charge < -0.3 is 10.6 Å². The van der Waals surface area contributed by atoms with Crippen molar-refractivity contribution in [1.82, 2.24) is 20.5 Å². The summed E-state index contributed by atoms with van der Waals surface area (Å²) < 4.78 is 0. The summed E-state index contributed by atoms with van der Waals surface area (Å²) in [7, 11) is 0. The van der Waals surface area contributed by atoms with E-state index in [0.29, 0.717) is 5.82 Å². The van der Waals surface area contributed by atoms with Crippen molar-refractivity contribution in [1.29, 1.82) is 0 Å². The molecule has 0 bridgehead atoms. The zero-order valence-corrected chi connectivity index (χ0v) is 11.3. The van der Waals surface area contributed by atoms with E-state index in [0.717, 1.165) is 36.5 Å². The van der Waals surface area contributed by atoms with Gasteiger partial charge in [0, 0.05) is 11.3 Å². The van der Waals surface area contributed by atoms with Gasteiger partial charge in [-0.1, -0.05) is 12.1 Å². The number of hydrogen-bond donors (Lipinski definition) is 3. The lowest BCUT2D eigenvalue weighted by Crippen LogP contribution is -2.35. The molecule has 0 saturated carbocycles. The first kappa shape index (κ1) is 12.8. The van der Waals surface area contributed by atoms with Gasteiger partial charge >= 0.3 is 0 Å². The van der Waals surface area contributed by atoms with Crippen LogP contribution in [0.25, 0.3) is 11.4 Å². The molecule has 1 aliphatic heterocycles. The third-order valence-corrected chi connectivity index (χ3v) is 3.36. The van der Waals surface area contributed by atoms with E-state index in [4.69, 9.17) is 0 Å². The topological polar surface area (TPSA) is 82.7 Å². The number of nitrogens with one attached hydrogen (secondary N) is 3. The average molecular weight is 271 g/mol. The number of aryl methyl sites for hydroxylation is 1. The standard InChI is InChI=1S/C14H17N5O/c1-9-16-13(19-18-9)10-4-2-5-11(8-10)17-14(20)12-6-3-7-15-12/h2,4-5,8,12,15H,3,6-7H2,1H3,(H,17,20)(H,16,18,19)/t12-/m0/s1. The normalized spacial score (nSPS) is 18.1. The Morgan fingerprint density at radius 2 is 2.35 bits per heavy atom. The number of rotatable bonds is 3. The summed E-state index contributed by atoms with van der Waals surface area (Å²) in [4.78, 5) is 16.3. The average Bonchev–Trinajstić information content (AvgIpc) is 3.10. The van der Waals surface area contributed by atoms with Crippen LogP contribution in [-0.2, 0) is 4.79 Å². The molecule has 3 rings (SSSR count). The highest BCUT2D eigenvalue weighted by molar-refractivity contribution is 5.95. The first-order valence-corrected chi connectivity index (χ1v) is 6.76. The van der Waals surface area contributed by atoms with Crippen LogP contribution in [0.15, 0.2) is 24.3 Å². The Morgan fingerprint density at radius 3 is 3.05 bits per heavy atom. The van der Waals surface area contributed by atoms with Gasteiger partial charge in [0.15, 0.2) is 5.82 Å². The molecule has 1 saturated heterocycles. The highest BCUT2D eigenvalue weighted by Crippen LogP contribution is 2.19. The molecule has 104 valence electrons. The van der Waals surface area contributed by atoms with E-state index in [2.05, 4.69) is 25.8 Å². The molecule has 6 nitrogen and oxygen atoms in total. The summed E-state index contributed by atoms with van der Waals surface area (Å²) >= 11 is 0. The Labute approximate surface area is 117 Å². The summed E-state index contributed by atoms with van der Waals surface area (Å²) in [6.07, 6.45) is 1.94. The highest BCUT2D eigenvalue weighted by atomic mass is 16.2. The van der Waals surface area contributed by atoms with Crippen LogP contribution >= 0.6 is 0 Å². The van der Waals surface area contributed by atoms with Crippen molar-refractivity contribution < 1.29 is 4.79 Å². The van der Waals surface area contributed by atoms with Gasteiger partial charge in [0.05, 0.1) is 6.04 Å². The van der Waals surface area contributed by atoms with E-state index in [9.17, 15) is 4.79 Å². The van der Waals surface area contributed by atoms with Crippen LogP contribution in [0.4, 0.5) is 5.69 Å². The monoisotopic (exact) mass is 271 g/mol. The number of nitrogens with zero attached hydrogens (tertiary/aromatic N) is 2. The Morgan fingerprint density at radius 1 is 1.45 bits per heavy atom. The molecule has 2 aromatic rings. The molecule has 1 atom stereocenters. The smallest absolute Gasteiger partial charge is 0.241 e. The largest absolute Gasteiger partial charge is 0.325 e. The van der Waals surface area contributed by atoms with Gasteiger partial charge in [-0.15, -0.1) is 0 Å². The van der Waals surface area contributed by atoms with Crippen LogP contribution in [-0.4, -0.2) is 33.7 Å². The van der Waals surface area contributed by atoms with Crippen molar-refractivity contribution in [3.8, 4) is 11.4 Å². The van der Waals surface area contributed by atoms with Gasteiger partial charge in [0.25, 0.3) is 0 Å². The van der Waals surface area contributed by atoms with Crippen molar-refractivity contribution in [2.24, 2.45) is 0 Å². The second-order valence-corrected chi connectivity index (χ2v) is 4.96. The minimum atomic E-state index is -0.0793. The van der Waals surface area contributed by atoms with Crippen LogP contribution in [0.3, 0.4) is 0 Å². The van der Waals surface area contributed by atoms with Crippen molar-refractivity contribution in [3.63, 3.8) is 0 Å². The molecule has 6 heteroatoms. The van der Waals surface area contributed by atoms with E-state index >= 15 is 0 Å². The maximum atomic E-state index is 12.1. The van der Waals surface area contributed by atoms with E-state index in [1.807, 2.05) is 31.2 Å². The van der Waals surface area contributed by atoms with Gasteiger partial charge in [0.1, 0.15) is 5.82 Å². The number of aromatic nitrogens is 3. The fourth-order valence-corrected chi connectivity index (χ4v) is 2.35. The molecule has 0 aliphatic carbocycles. The lowest BCUT2D eigenvalue weighted by molar-refractivity contribution is -0.117. The molecular formula is C14H17N5O. The first-order valence-electron chi connectivity index (χ1n) is 6.76. The van der Waals surface area contributed by atoms with Gasteiger partial charge in [-0.3, -0.25) is 9.89 Å². The number of aromatic amines is 1. The summed E-state index contributed by atoms with van der Waals surface area (Å²) in [5.74, 6) is 1.42. The predicted molar refractivity (Wildman–Crippen MR) is 76.2 cm³/mol. The molecule has 1 aliphatic rings. The van der Waals surface area contributed by atoms with Crippen LogP contribution < -0.4 is 10.6 Å². The maximum absolute atomic E-state index is 12.1. The summed E-state index contributed by atoms with van der Waals surface area (Å²) in [6.45, 7) is 2.77. The summed E-state index contributed by atoms with van der Waals surface area (Å²) in [5.41, 5.74) is 1.65. The second kappa shape index (κ2) is 5.42. The Kier molecular flexibility index (Phi) is 3.47. The molecule has 1 aromatic carbocycles. The number of carbonyl (C=O) groups excluding carboxylic acids is 1. The number of H-pyrrole nitrogens is 1. The third kappa shape index (κ3) is 2.70. The number of hydrogen-bond acceptors (Lipinski definition) is 4. The molecule has 0 spiro atoms. The molecule has 0 unspecified atom stereocenters. The quantitative estimate of drug-likeness (QED) is 0.789. The Bertz CT molecular complexity index is 616. The minimum Gasteiger partial charge on any atom is -0.325 e. The minimum absolute atomic E-state index is 0.0193. The molecule has 1 fully saturated rings. The molecule has 20 heavy (non-hydrogen) atoms. The van der Waals surface area contributed by atoms with Gasteiger partial charge in [0.2, 0.25) is 5.91 Å². The van der Waals surface area contributed by atoms with Crippen LogP contribution in [0.2, 0.25) is 0 Å². The number of benzene rings is 1. The molecule has 1 amide bonds. The number of carbonyl (C=O) groups is 1. The molecule has 0 radical (unpaired) electrons. The third-order valence-electron chi connectivity index (χ3n) is 3.36. The summed E-state index contributed by atoms with van der Waals surface area (Å²) in [5, 5.41) is 13.1. The zero-order valence-electron chi connectivity index (χ0n) is 11.3. The van der Waals surface area contributed by atoms with E-state index in [1.165, 1.54) is 0 Å². The molecule has 2 heterocycles. The maximum Gasteiger partial charge on any atom is 0.241 e. The van der Waals surface area contributed by atoms with E-state index in [1.54, 1.807) is 0 Å². The Balaban J connectivity index is 1.75. The van der Waals surface area contributed by atoms with Gasteiger partial charge in [-0.25, -0.2) is 4.98 Å². The predicted octanol–water partition coefficient (Wildman–Crippen LogP) is 1.47. The van der Waals surface area contributed by atoms with Crippen LogP contribution in [0, 0.1) is 6.92 Å². The lowest BCUT2D eigenvalue weighted by Gasteiger charge is -2.11. The number of anilines is 1. The summed E-state index contributed by atoms with van der Waals surface area (Å²) in [6, 6.07) is 7.49. The second-order valence-electron chi connectivity index (χ2n) is 4.96. The highest BCUT2D eigenvalue weighted by Gasteiger charge is 2.21. The van der Waals surface area contributed by atoms with Gasteiger partial charge in [-0.2, -0.15) is 5.10 Å². The lowest BCUT2D eigenvalue weighted by atomic mass is 10.1. The van der Waals surface area contributed by atoms with Crippen molar-refractivity contribution in [2.75, 3.05) is 11.9 Å². The molecular weight excluding hydrogens is 254 g/mol. The van der Waals surface area contributed by atoms with E-state index < -0.39 is 0 Å². The van der Waals surface area contributed by atoms with Crippen LogP contribution in [0.1, 0.15) is 18.7 Å². The van der Waals surface area contributed by atoms with Crippen LogP contribution in [0.5, 0.6) is 0 Å². The van der Waals surface area contributed by atoms with Crippen molar-refractivity contribution in [3.05, 3.63) is 30.1 Å². The first-order chi connectivity index (χ1) is 9.72. The molecule has 1 aromatic heterocycles. The van der Waals surface area contributed by atoms with Crippen molar-refractivity contribution in [2.45, 2.75) is 25.8 Å². The van der Waals surface area contributed by atoms with Crippen molar-refractivity contribution >= 4 is 11.6 Å².